The molecule has 3 aromatic rings. The van der Waals surface area contributed by atoms with Gasteiger partial charge < -0.3 is 14.2 Å². The highest BCUT2D eigenvalue weighted by Crippen LogP contribution is 2.46. The van der Waals surface area contributed by atoms with E-state index in [1.54, 1.807) is 31.4 Å². The fourth-order valence-electron chi connectivity index (χ4n) is 3.00. The van der Waals surface area contributed by atoms with Gasteiger partial charge in [-0.15, -0.1) is 10.2 Å². The van der Waals surface area contributed by atoms with Crippen LogP contribution in [0.3, 0.4) is 0 Å². The molecular formula is C22H19ClN2O4. The number of aryl methyl sites for hydroxylation is 1. The van der Waals surface area contributed by atoms with Crippen molar-refractivity contribution < 1.29 is 19.0 Å². The molecule has 29 heavy (non-hydrogen) atoms. The van der Waals surface area contributed by atoms with E-state index in [9.17, 15) is 4.79 Å². The second-order valence-electron chi connectivity index (χ2n) is 6.82. The SMILES string of the molecule is COc1ccc(C(=O)Oc2cc(Cl)nnc2Oc2c(C)cccc2C2CC2)cc1. The van der Waals surface area contributed by atoms with Gasteiger partial charge in [0.15, 0.2) is 10.9 Å². The van der Waals surface area contributed by atoms with E-state index >= 15 is 0 Å². The van der Waals surface area contributed by atoms with Crippen LogP contribution >= 0.6 is 11.6 Å². The zero-order chi connectivity index (χ0) is 20.4. The van der Waals surface area contributed by atoms with Crippen molar-refractivity contribution in [1.29, 1.82) is 0 Å². The fraction of sp³-hybridized carbons (Fsp3) is 0.227. The monoisotopic (exact) mass is 410 g/mol. The van der Waals surface area contributed by atoms with Gasteiger partial charge in [-0.2, -0.15) is 0 Å². The summed E-state index contributed by atoms with van der Waals surface area (Å²) in [5, 5.41) is 7.95. The first-order valence-corrected chi connectivity index (χ1v) is 9.60. The highest BCUT2D eigenvalue weighted by atomic mass is 35.5. The van der Waals surface area contributed by atoms with Crippen LogP contribution in [0.5, 0.6) is 23.1 Å². The average molecular weight is 411 g/mol. The van der Waals surface area contributed by atoms with Crippen molar-refractivity contribution in [2.24, 2.45) is 0 Å². The minimum atomic E-state index is -0.561. The number of rotatable bonds is 6. The molecule has 0 amide bonds. The molecule has 0 unspecified atom stereocenters. The lowest BCUT2D eigenvalue weighted by Gasteiger charge is -2.15. The predicted molar refractivity (Wildman–Crippen MR) is 108 cm³/mol. The normalized spacial score (nSPS) is 13.1. The number of halogens is 1. The van der Waals surface area contributed by atoms with Gasteiger partial charge in [0.05, 0.1) is 12.7 Å². The Morgan fingerprint density at radius 1 is 1.10 bits per heavy atom. The first kappa shape index (κ1) is 19.2. The zero-order valence-corrected chi connectivity index (χ0v) is 16.8. The molecule has 1 heterocycles. The van der Waals surface area contributed by atoms with Crippen molar-refractivity contribution in [2.45, 2.75) is 25.7 Å². The minimum absolute atomic E-state index is 0.0902. The molecule has 0 N–H and O–H groups in total. The largest absolute Gasteiger partial charge is 0.497 e. The number of esters is 1. The van der Waals surface area contributed by atoms with Gasteiger partial charge in [0, 0.05) is 6.07 Å². The molecule has 1 aliphatic rings. The van der Waals surface area contributed by atoms with E-state index in [1.807, 2.05) is 25.1 Å². The Balaban J connectivity index is 1.62. The second-order valence-corrected chi connectivity index (χ2v) is 7.21. The van der Waals surface area contributed by atoms with Gasteiger partial charge >= 0.3 is 5.97 Å². The van der Waals surface area contributed by atoms with Gasteiger partial charge in [-0.1, -0.05) is 29.8 Å². The van der Waals surface area contributed by atoms with Crippen molar-refractivity contribution in [3.8, 4) is 23.1 Å². The topological polar surface area (TPSA) is 70.5 Å². The maximum absolute atomic E-state index is 12.6. The van der Waals surface area contributed by atoms with Crippen LogP contribution in [0.1, 0.15) is 40.2 Å². The number of nitrogens with zero attached hydrogens (tertiary/aromatic N) is 2. The van der Waals surface area contributed by atoms with Crippen LogP contribution in [0.2, 0.25) is 5.15 Å². The third kappa shape index (κ3) is 4.32. The Morgan fingerprint density at radius 3 is 2.55 bits per heavy atom. The Kier molecular flexibility index (Phi) is 5.36. The molecule has 148 valence electrons. The van der Waals surface area contributed by atoms with Crippen molar-refractivity contribution in [3.63, 3.8) is 0 Å². The van der Waals surface area contributed by atoms with E-state index in [2.05, 4.69) is 10.2 Å². The number of methoxy groups -OCH3 is 1. The van der Waals surface area contributed by atoms with Crippen molar-refractivity contribution in [1.82, 2.24) is 10.2 Å². The van der Waals surface area contributed by atoms with Crippen LogP contribution < -0.4 is 14.2 Å². The third-order valence-electron chi connectivity index (χ3n) is 4.68. The number of aromatic nitrogens is 2. The summed E-state index contributed by atoms with van der Waals surface area (Å²) in [6.45, 7) is 1.97. The summed E-state index contributed by atoms with van der Waals surface area (Å²) in [4.78, 5) is 12.6. The van der Waals surface area contributed by atoms with E-state index < -0.39 is 5.97 Å². The van der Waals surface area contributed by atoms with Gasteiger partial charge in [0.25, 0.3) is 5.88 Å². The predicted octanol–water partition coefficient (Wildman–Crippen LogP) is 5.34. The number of carbonyl (C=O) groups excluding carboxylic acids is 1. The van der Waals surface area contributed by atoms with E-state index in [4.69, 9.17) is 25.8 Å². The molecular weight excluding hydrogens is 392 g/mol. The highest BCUT2D eigenvalue weighted by molar-refractivity contribution is 6.29. The van der Waals surface area contributed by atoms with E-state index in [0.717, 1.165) is 24.0 Å². The summed E-state index contributed by atoms with van der Waals surface area (Å²) in [5.74, 6) is 1.48. The summed E-state index contributed by atoms with van der Waals surface area (Å²) in [7, 11) is 1.56. The molecule has 0 bridgehead atoms. The summed E-state index contributed by atoms with van der Waals surface area (Å²) >= 11 is 5.97. The lowest BCUT2D eigenvalue weighted by molar-refractivity contribution is 0.0729. The number of hydrogen-bond acceptors (Lipinski definition) is 6. The molecule has 1 aromatic heterocycles. The van der Waals surface area contributed by atoms with Crippen molar-refractivity contribution in [3.05, 3.63) is 70.4 Å². The van der Waals surface area contributed by atoms with Gasteiger partial charge in [0.1, 0.15) is 11.5 Å². The molecule has 1 saturated carbocycles. The van der Waals surface area contributed by atoms with Crippen LogP contribution in [0.4, 0.5) is 0 Å². The molecule has 1 fully saturated rings. The van der Waals surface area contributed by atoms with Crippen LogP contribution in [0, 0.1) is 6.92 Å². The zero-order valence-electron chi connectivity index (χ0n) is 16.0. The molecule has 7 heteroatoms. The number of hydrogen-bond donors (Lipinski definition) is 0. The van der Waals surface area contributed by atoms with Crippen LogP contribution in [0.25, 0.3) is 0 Å². The Hall–Kier alpha value is -3.12. The fourth-order valence-corrected chi connectivity index (χ4v) is 3.13. The van der Waals surface area contributed by atoms with Gasteiger partial charge in [-0.25, -0.2) is 4.79 Å². The molecule has 2 aromatic carbocycles. The summed E-state index contributed by atoms with van der Waals surface area (Å²) < 4.78 is 16.7. The molecule has 6 nitrogen and oxygen atoms in total. The summed E-state index contributed by atoms with van der Waals surface area (Å²) in [6.07, 6.45) is 2.26. The van der Waals surface area contributed by atoms with Crippen LogP contribution in [0.15, 0.2) is 48.5 Å². The first-order chi connectivity index (χ1) is 14.0. The molecule has 0 aliphatic heterocycles. The smallest absolute Gasteiger partial charge is 0.343 e. The quantitative estimate of drug-likeness (QED) is 0.511. The first-order valence-electron chi connectivity index (χ1n) is 9.22. The summed E-state index contributed by atoms with van der Waals surface area (Å²) in [6, 6.07) is 14.0. The van der Waals surface area contributed by atoms with Gasteiger partial charge in [0.2, 0.25) is 0 Å². The number of para-hydroxylation sites is 1. The number of benzene rings is 2. The summed E-state index contributed by atoms with van der Waals surface area (Å²) in [5.41, 5.74) is 2.45. The van der Waals surface area contributed by atoms with Crippen molar-refractivity contribution in [2.75, 3.05) is 7.11 Å². The lowest BCUT2D eigenvalue weighted by atomic mass is 10.1. The number of carbonyl (C=O) groups is 1. The highest BCUT2D eigenvalue weighted by Gasteiger charge is 2.28. The lowest BCUT2D eigenvalue weighted by Crippen LogP contribution is -2.10. The standard InChI is InChI=1S/C22H19ClN2O4/c1-13-4-3-5-17(14-6-7-14)20(13)29-21-18(12-19(23)24-25-21)28-22(26)15-8-10-16(27-2)11-9-15/h3-5,8-12,14H,6-7H2,1-2H3. The maximum Gasteiger partial charge on any atom is 0.343 e. The molecule has 1 aliphatic carbocycles. The third-order valence-corrected chi connectivity index (χ3v) is 4.87. The second kappa shape index (κ2) is 8.09. The molecule has 0 spiro atoms. The Labute approximate surface area is 173 Å². The molecule has 0 atom stereocenters. The minimum Gasteiger partial charge on any atom is -0.497 e. The Morgan fingerprint density at radius 2 is 1.86 bits per heavy atom. The molecule has 0 radical (unpaired) electrons. The van der Waals surface area contributed by atoms with E-state index in [0.29, 0.717) is 23.0 Å². The maximum atomic E-state index is 12.6. The van der Waals surface area contributed by atoms with Crippen LogP contribution in [-0.4, -0.2) is 23.3 Å². The van der Waals surface area contributed by atoms with Gasteiger partial charge in [-0.3, -0.25) is 0 Å². The average Bonchev–Trinajstić information content (AvgIpc) is 3.56. The van der Waals surface area contributed by atoms with E-state index in [1.165, 1.54) is 6.07 Å². The number of ether oxygens (including phenoxy) is 3. The molecule has 4 rings (SSSR count). The van der Waals surface area contributed by atoms with Crippen LogP contribution in [-0.2, 0) is 0 Å². The van der Waals surface area contributed by atoms with Crippen molar-refractivity contribution >= 4 is 17.6 Å². The van der Waals surface area contributed by atoms with Gasteiger partial charge in [-0.05, 0) is 61.1 Å². The van der Waals surface area contributed by atoms with E-state index in [-0.39, 0.29) is 16.8 Å². The Bertz CT molecular complexity index is 1050. The molecule has 0 saturated heterocycles.